The molecular formula is C14H17N2O+. The van der Waals surface area contributed by atoms with Crippen LogP contribution < -0.4 is 5.32 Å². The summed E-state index contributed by atoms with van der Waals surface area (Å²) in [7, 11) is 0. The Labute approximate surface area is 101 Å². The summed E-state index contributed by atoms with van der Waals surface area (Å²) in [6, 6.07) is 0.612. The van der Waals surface area contributed by atoms with Gasteiger partial charge in [-0.1, -0.05) is 5.57 Å². The summed E-state index contributed by atoms with van der Waals surface area (Å²) in [5.41, 5.74) is 6.24. The highest BCUT2D eigenvalue weighted by Gasteiger charge is 2.40. The van der Waals surface area contributed by atoms with Gasteiger partial charge in [0, 0.05) is 28.3 Å². The lowest BCUT2D eigenvalue weighted by molar-refractivity contribution is -0.488. The van der Waals surface area contributed by atoms with Gasteiger partial charge in [0.2, 0.25) is 12.7 Å². The van der Waals surface area contributed by atoms with E-state index in [4.69, 9.17) is 0 Å². The van der Waals surface area contributed by atoms with Crippen LogP contribution in [0.25, 0.3) is 0 Å². The molecule has 1 fully saturated rings. The molecular weight excluding hydrogens is 212 g/mol. The van der Waals surface area contributed by atoms with E-state index < -0.39 is 0 Å². The molecule has 17 heavy (non-hydrogen) atoms. The number of allylic oxidation sites excluding steroid dienone is 1. The fourth-order valence-corrected chi connectivity index (χ4v) is 3.95. The molecule has 0 spiro atoms. The Morgan fingerprint density at radius 1 is 1.41 bits per heavy atom. The van der Waals surface area contributed by atoms with Gasteiger partial charge in [-0.25, -0.2) is 0 Å². The first-order valence-corrected chi connectivity index (χ1v) is 6.63. The second kappa shape index (κ2) is 3.39. The number of fused-ring (bicyclic) bond motifs is 1. The summed E-state index contributed by atoms with van der Waals surface area (Å²) in [6.07, 6.45) is 8.66. The summed E-state index contributed by atoms with van der Waals surface area (Å²) in [4.78, 5) is 11.5. The molecule has 0 radical (unpaired) electrons. The molecule has 0 bridgehead atoms. The maximum Gasteiger partial charge on any atom is 0.221 e. The smallest absolute Gasteiger partial charge is 0.221 e. The Morgan fingerprint density at radius 2 is 2.35 bits per heavy atom. The van der Waals surface area contributed by atoms with Crippen molar-refractivity contribution in [2.75, 3.05) is 13.1 Å². The molecule has 0 aromatic carbocycles. The van der Waals surface area contributed by atoms with Gasteiger partial charge in [0.1, 0.15) is 0 Å². The molecule has 0 aromatic heterocycles. The second-order valence-corrected chi connectivity index (χ2v) is 5.59. The molecule has 2 heterocycles. The highest BCUT2D eigenvalue weighted by atomic mass is 16.3. The predicted octanol–water partition coefficient (Wildman–Crippen LogP) is 2.06. The van der Waals surface area contributed by atoms with Crippen molar-refractivity contribution in [3.63, 3.8) is 0 Å². The van der Waals surface area contributed by atoms with Crippen LogP contribution in [0.4, 0.5) is 0 Å². The van der Waals surface area contributed by atoms with Crippen LogP contribution in [0.15, 0.2) is 34.6 Å². The van der Waals surface area contributed by atoms with E-state index in [1.807, 2.05) is 0 Å². The van der Waals surface area contributed by atoms with E-state index in [-0.39, 0.29) is 0 Å². The monoisotopic (exact) mass is 229 g/mol. The molecule has 0 amide bonds. The average molecular weight is 229 g/mol. The summed E-state index contributed by atoms with van der Waals surface area (Å²) in [6.45, 7) is 1.70. The zero-order valence-electron chi connectivity index (χ0n) is 9.91. The third-order valence-corrected chi connectivity index (χ3v) is 4.64. The third kappa shape index (κ3) is 1.32. The van der Waals surface area contributed by atoms with Gasteiger partial charge in [-0.2, -0.15) is 0 Å². The Balaban J connectivity index is 1.86. The first-order chi connectivity index (χ1) is 8.33. The number of rotatable bonds is 0. The molecule has 2 aliphatic heterocycles. The standard InChI is InChI=1S/C14H17N2O/c17-16-5-4-11-10(8-16)6-9-7-15-13-3-1-2-12(11)14(9)13/h4-5,10,13,15H,1-3,6-8H2/q+1. The molecule has 0 aromatic rings. The Bertz CT molecular complexity index is 498. The lowest BCUT2D eigenvalue weighted by Gasteiger charge is -2.32. The number of nitrogens with zero attached hydrogens (tertiary/aromatic N) is 1. The van der Waals surface area contributed by atoms with E-state index in [0.29, 0.717) is 18.5 Å². The number of hydrogen-bond donors (Lipinski definition) is 1. The number of nitroso groups, excluding NO2 is 1. The summed E-state index contributed by atoms with van der Waals surface area (Å²) >= 11 is 0. The molecule has 4 aliphatic rings. The zero-order chi connectivity index (χ0) is 11.4. The molecule has 2 aliphatic carbocycles. The van der Waals surface area contributed by atoms with E-state index in [1.54, 1.807) is 22.9 Å². The van der Waals surface area contributed by atoms with Gasteiger partial charge in [0.05, 0.1) is 5.92 Å². The molecule has 3 heteroatoms. The average Bonchev–Trinajstić information content (AvgIpc) is 2.74. The first kappa shape index (κ1) is 9.77. The largest absolute Gasteiger partial charge is 0.306 e. The van der Waals surface area contributed by atoms with Crippen LogP contribution in [0.5, 0.6) is 0 Å². The molecule has 88 valence electrons. The molecule has 4 rings (SSSR count). The fraction of sp³-hybridized carbons (Fsp3) is 0.571. The highest BCUT2D eigenvalue weighted by Crippen LogP contribution is 2.45. The van der Waals surface area contributed by atoms with Crippen LogP contribution in [0.2, 0.25) is 0 Å². The molecule has 1 saturated carbocycles. The van der Waals surface area contributed by atoms with Gasteiger partial charge in [-0.05, 0) is 42.4 Å². The Morgan fingerprint density at radius 3 is 3.29 bits per heavy atom. The summed E-state index contributed by atoms with van der Waals surface area (Å²) < 4.78 is 1.09. The first-order valence-electron chi connectivity index (χ1n) is 6.63. The summed E-state index contributed by atoms with van der Waals surface area (Å²) in [5, 5.41) is 3.63. The third-order valence-electron chi connectivity index (χ3n) is 4.64. The molecule has 3 nitrogen and oxygen atoms in total. The van der Waals surface area contributed by atoms with Crippen molar-refractivity contribution in [3.05, 3.63) is 39.5 Å². The van der Waals surface area contributed by atoms with Crippen LogP contribution in [-0.2, 0) is 0 Å². The lowest BCUT2D eigenvalue weighted by Crippen LogP contribution is -2.30. The van der Waals surface area contributed by atoms with Gasteiger partial charge in [0.15, 0.2) is 0 Å². The van der Waals surface area contributed by atoms with Gasteiger partial charge in [-0.15, -0.1) is 0 Å². The van der Waals surface area contributed by atoms with Gasteiger partial charge >= 0.3 is 0 Å². The van der Waals surface area contributed by atoms with Crippen molar-refractivity contribution in [1.29, 1.82) is 0 Å². The highest BCUT2D eigenvalue weighted by molar-refractivity contribution is 5.54. The fourth-order valence-electron chi connectivity index (χ4n) is 3.95. The minimum absolute atomic E-state index is 0.449. The number of nitrogens with one attached hydrogen (secondary N) is 1. The second-order valence-electron chi connectivity index (χ2n) is 5.59. The Hall–Kier alpha value is -1.22. The van der Waals surface area contributed by atoms with Crippen molar-refractivity contribution >= 4 is 0 Å². The van der Waals surface area contributed by atoms with E-state index in [9.17, 15) is 4.91 Å². The van der Waals surface area contributed by atoms with Crippen LogP contribution in [0, 0.1) is 10.8 Å². The minimum Gasteiger partial charge on any atom is -0.306 e. The SMILES string of the molecule is O=[N+]1C=CC2=C3CCCC4NCC(=C34)CC2C1. The topological polar surface area (TPSA) is 32.1 Å². The van der Waals surface area contributed by atoms with Gasteiger partial charge in [-0.3, -0.25) is 0 Å². The van der Waals surface area contributed by atoms with Crippen molar-refractivity contribution in [1.82, 2.24) is 5.32 Å². The Kier molecular flexibility index (Phi) is 1.95. The van der Waals surface area contributed by atoms with Crippen molar-refractivity contribution in [2.24, 2.45) is 5.92 Å². The van der Waals surface area contributed by atoms with Crippen molar-refractivity contribution in [3.8, 4) is 0 Å². The molecule has 1 N–H and O–H groups in total. The van der Waals surface area contributed by atoms with Crippen LogP contribution in [0.1, 0.15) is 25.7 Å². The quantitative estimate of drug-likeness (QED) is 0.645. The maximum absolute atomic E-state index is 11.5. The van der Waals surface area contributed by atoms with E-state index in [1.165, 1.54) is 24.8 Å². The molecule has 2 unspecified atom stereocenters. The predicted molar refractivity (Wildman–Crippen MR) is 65.4 cm³/mol. The maximum atomic E-state index is 11.5. The number of hydrogen-bond acceptors (Lipinski definition) is 2. The normalized spacial score (nSPS) is 35.2. The lowest BCUT2D eigenvalue weighted by atomic mass is 9.72. The van der Waals surface area contributed by atoms with E-state index >= 15 is 0 Å². The van der Waals surface area contributed by atoms with Crippen LogP contribution in [-0.4, -0.2) is 23.9 Å². The molecule has 2 atom stereocenters. The van der Waals surface area contributed by atoms with Crippen LogP contribution in [0.3, 0.4) is 0 Å². The minimum atomic E-state index is 0.449. The van der Waals surface area contributed by atoms with E-state index in [2.05, 4.69) is 11.4 Å². The zero-order valence-corrected chi connectivity index (χ0v) is 9.91. The van der Waals surface area contributed by atoms with E-state index in [0.717, 1.165) is 17.7 Å². The van der Waals surface area contributed by atoms with Crippen molar-refractivity contribution < 1.29 is 4.76 Å². The molecule has 0 saturated heterocycles. The van der Waals surface area contributed by atoms with Gasteiger partial charge in [0.25, 0.3) is 0 Å². The van der Waals surface area contributed by atoms with Crippen molar-refractivity contribution in [2.45, 2.75) is 31.7 Å². The van der Waals surface area contributed by atoms with Crippen LogP contribution >= 0.6 is 0 Å². The van der Waals surface area contributed by atoms with Gasteiger partial charge < -0.3 is 5.32 Å². The summed E-state index contributed by atoms with van der Waals surface area (Å²) in [5.74, 6) is 0.449.